The van der Waals surface area contributed by atoms with Crippen LogP contribution in [0.2, 0.25) is 0 Å². The first-order valence-electron chi connectivity index (χ1n) is 5.70. The Morgan fingerprint density at radius 3 is 2.38 bits per heavy atom. The van der Waals surface area contributed by atoms with Crippen molar-refractivity contribution in [1.82, 2.24) is 5.32 Å². The second-order valence-electron chi connectivity index (χ2n) is 4.27. The number of amides is 1. The zero-order valence-corrected chi connectivity index (χ0v) is 10.0. The molecule has 1 atom stereocenters. The second kappa shape index (κ2) is 8.10. The van der Waals surface area contributed by atoms with Crippen molar-refractivity contribution in [2.75, 3.05) is 6.54 Å². The van der Waals surface area contributed by atoms with Crippen molar-refractivity contribution < 1.29 is 14.7 Å². The minimum absolute atomic E-state index is 0.131. The number of carboxylic acid groups (broad SMARTS) is 1. The van der Waals surface area contributed by atoms with Crippen molar-refractivity contribution in [3.8, 4) is 0 Å². The summed E-state index contributed by atoms with van der Waals surface area (Å²) in [5.74, 6) is -0.772. The Kier molecular flexibility index (Phi) is 7.54. The monoisotopic (exact) mass is 230 g/mol. The van der Waals surface area contributed by atoms with Gasteiger partial charge in [-0.25, -0.2) is 0 Å². The SMILES string of the molecule is CC(C)[C@H](N)C(=O)NCCCCCC(=O)O. The number of hydrogen-bond donors (Lipinski definition) is 3. The number of nitrogens with one attached hydrogen (secondary N) is 1. The molecule has 0 unspecified atom stereocenters. The van der Waals surface area contributed by atoms with Gasteiger partial charge in [0.2, 0.25) is 5.91 Å². The van der Waals surface area contributed by atoms with Gasteiger partial charge in [-0.15, -0.1) is 0 Å². The lowest BCUT2D eigenvalue weighted by atomic mass is 10.1. The Hall–Kier alpha value is -1.10. The molecule has 0 aliphatic carbocycles. The van der Waals surface area contributed by atoms with Crippen LogP contribution in [0.3, 0.4) is 0 Å². The number of hydrogen-bond acceptors (Lipinski definition) is 3. The number of nitrogens with two attached hydrogens (primary N) is 1. The van der Waals surface area contributed by atoms with Crippen LogP contribution in [-0.2, 0) is 9.59 Å². The van der Waals surface area contributed by atoms with E-state index in [2.05, 4.69) is 5.32 Å². The predicted octanol–water partition coefficient (Wildman–Crippen LogP) is 0.731. The number of carbonyl (C=O) groups excluding carboxylic acids is 1. The molecule has 5 nitrogen and oxygen atoms in total. The fourth-order valence-corrected chi connectivity index (χ4v) is 1.21. The van der Waals surface area contributed by atoms with Crippen LogP contribution in [0.15, 0.2) is 0 Å². The third kappa shape index (κ3) is 7.23. The van der Waals surface area contributed by atoms with Gasteiger partial charge in [-0.05, 0) is 18.8 Å². The summed E-state index contributed by atoms with van der Waals surface area (Å²) in [6.45, 7) is 4.37. The maximum absolute atomic E-state index is 11.4. The molecule has 0 fully saturated rings. The van der Waals surface area contributed by atoms with Gasteiger partial charge in [-0.2, -0.15) is 0 Å². The highest BCUT2D eigenvalue weighted by atomic mass is 16.4. The van der Waals surface area contributed by atoms with Crippen LogP contribution in [0.25, 0.3) is 0 Å². The molecule has 0 saturated heterocycles. The molecule has 0 aromatic rings. The quantitative estimate of drug-likeness (QED) is 0.536. The third-order valence-corrected chi connectivity index (χ3v) is 2.39. The minimum atomic E-state index is -0.772. The molecule has 0 aliphatic heterocycles. The fraction of sp³-hybridized carbons (Fsp3) is 0.818. The highest BCUT2D eigenvalue weighted by molar-refractivity contribution is 5.81. The van der Waals surface area contributed by atoms with E-state index in [1.807, 2.05) is 13.8 Å². The summed E-state index contributed by atoms with van der Waals surface area (Å²) in [5, 5.41) is 11.1. The van der Waals surface area contributed by atoms with Crippen molar-refractivity contribution in [1.29, 1.82) is 0 Å². The lowest BCUT2D eigenvalue weighted by Gasteiger charge is -2.15. The van der Waals surface area contributed by atoms with Crippen LogP contribution < -0.4 is 11.1 Å². The fourth-order valence-electron chi connectivity index (χ4n) is 1.21. The van der Waals surface area contributed by atoms with E-state index < -0.39 is 12.0 Å². The molecule has 1 amide bonds. The standard InChI is InChI=1S/C11H22N2O3/c1-8(2)10(12)11(16)13-7-5-3-4-6-9(14)15/h8,10H,3-7,12H2,1-2H3,(H,13,16)(H,14,15)/t10-/m0/s1. The zero-order valence-electron chi connectivity index (χ0n) is 10.0. The maximum Gasteiger partial charge on any atom is 0.303 e. The van der Waals surface area contributed by atoms with Crippen LogP contribution in [0.4, 0.5) is 0 Å². The maximum atomic E-state index is 11.4. The van der Waals surface area contributed by atoms with E-state index in [1.165, 1.54) is 0 Å². The van der Waals surface area contributed by atoms with Gasteiger partial charge in [0.15, 0.2) is 0 Å². The van der Waals surface area contributed by atoms with E-state index in [4.69, 9.17) is 10.8 Å². The first-order chi connectivity index (χ1) is 7.45. The van der Waals surface area contributed by atoms with Crippen molar-refractivity contribution in [2.24, 2.45) is 11.7 Å². The molecule has 0 heterocycles. The third-order valence-electron chi connectivity index (χ3n) is 2.39. The summed E-state index contributed by atoms with van der Waals surface area (Å²) in [6, 6.07) is -0.459. The molecular formula is C11H22N2O3. The average molecular weight is 230 g/mol. The summed E-state index contributed by atoms with van der Waals surface area (Å²) < 4.78 is 0. The summed E-state index contributed by atoms with van der Waals surface area (Å²) >= 11 is 0. The van der Waals surface area contributed by atoms with E-state index in [0.717, 1.165) is 12.8 Å². The predicted molar refractivity (Wildman–Crippen MR) is 61.9 cm³/mol. The first-order valence-corrected chi connectivity index (χ1v) is 5.70. The van der Waals surface area contributed by atoms with Gasteiger partial charge in [0.05, 0.1) is 6.04 Å². The van der Waals surface area contributed by atoms with Crippen LogP contribution in [-0.4, -0.2) is 29.6 Å². The number of aliphatic carboxylic acids is 1. The normalized spacial score (nSPS) is 12.5. The molecule has 4 N–H and O–H groups in total. The minimum Gasteiger partial charge on any atom is -0.481 e. The molecule has 0 aromatic carbocycles. The Bertz CT molecular complexity index is 229. The number of carboxylic acids is 1. The van der Waals surface area contributed by atoms with Crippen LogP contribution in [0.1, 0.15) is 39.5 Å². The lowest BCUT2D eigenvalue weighted by Crippen LogP contribution is -2.44. The molecule has 5 heteroatoms. The van der Waals surface area contributed by atoms with Crippen molar-refractivity contribution in [2.45, 2.75) is 45.6 Å². The highest BCUT2D eigenvalue weighted by Gasteiger charge is 2.15. The molecule has 0 spiro atoms. The van der Waals surface area contributed by atoms with Crippen LogP contribution in [0.5, 0.6) is 0 Å². The summed E-state index contributed by atoms with van der Waals surface area (Å²) in [5.41, 5.74) is 5.65. The molecule has 0 bridgehead atoms. The average Bonchev–Trinajstić information content (AvgIpc) is 2.21. The summed E-state index contributed by atoms with van der Waals surface area (Å²) in [6.07, 6.45) is 2.45. The Morgan fingerprint density at radius 2 is 1.88 bits per heavy atom. The van der Waals surface area contributed by atoms with E-state index in [9.17, 15) is 9.59 Å². The molecule has 0 aliphatic rings. The smallest absolute Gasteiger partial charge is 0.303 e. The van der Waals surface area contributed by atoms with Crippen molar-refractivity contribution in [3.05, 3.63) is 0 Å². The van der Waals surface area contributed by atoms with E-state index in [-0.39, 0.29) is 18.2 Å². The van der Waals surface area contributed by atoms with E-state index in [1.54, 1.807) is 0 Å². The van der Waals surface area contributed by atoms with Crippen molar-refractivity contribution >= 4 is 11.9 Å². The number of unbranched alkanes of at least 4 members (excludes halogenated alkanes) is 2. The molecular weight excluding hydrogens is 208 g/mol. The largest absolute Gasteiger partial charge is 0.481 e. The topological polar surface area (TPSA) is 92.4 Å². The summed E-state index contributed by atoms with van der Waals surface area (Å²) in [4.78, 5) is 21.6. The zero-order chi connectivity index (χ0) is 12.6. The van der Waals surface area contributed by atoms with E-state index in [0.29, 0.717) is 13.0 Å². The molecule has 0 rings (SSSR count). The Labute approximate surface area is 96.4 Å². The second-order valence-corrected chi connectivity index (χ2v) is 4.27. The number of rotatable bonds is 8. The van der Waals surface area contributed by atoms with Gasteiger partial charge in [0, 0.05) is 13.0 Å². The summed E-state index contributed by atoms with van der Waals surface area (Å²) in [7, 11) is 0. The van der Waals surface area contributed by atoms with Gasteiger partial charge >= 0.3 is 5.97 Å². The first kappa shape index (κ1) is 14.9. The van der Waals surface area contributed by atoms with Gasteiger partial charge in [-0.3, -0.25) is 9.59 Å². The Morgan fingerprint density at radius 1 is 1.25 bits per heavy atom. The van der Waals surface area contributed by atoms with Crippen LogP contribution >= 0.6 is 0 Å². The molecule has 16 heavy (non-hydrogen) atoms. The number of carbonyl (C=O) groups is 2. The molecule has 0 aromatic heterocycles. The lowest BCUT2D eigenvalue weighted by molar-refractivity contribution is -0.137. The highest BCUT2D eigenvalue weighted by Crippen LogP contribution is 2.00. The molecule has 0 radical (unpaired) electrons. The van der Waals surface area contributed by atoms with Gasteiger partial charge in [0.1, 0.15) is 0 Å². The molecule has 0 saturated carbocycles. The van der Waals surface area contributed by atoms with Gasteiger partial charge in [-0.1, -0.05) is 20.3 Å². The van der Waals surface area contributed by atoms with Gasteiger partial charge in [0.25, 0.3) is 0 Å². The van der Waals surface area contributed by atoms with E-state index >= 15 is 0 Å². The molecule has 94 valence electrons. The Balaban J connectivity index is 3.45. The van der Waals surface area contributed by atoms with Crippen molar-refractivity contribution in [3.63, 3.8) is 0 Å². The van der Waals surface area contributed by atoms with Crippen LogP contribution in [0, 0.1) is 5.92 Å². The van der Waals surface area contributed by atoms with Gasteiger partial charge < -0.3 is 16.2 Å².